The number of hydrogen-bond donors (Lipinski definition) is 1. The molecule has 0 aromatic heterocycles. The van der Waals surface area contributed by atoms with Gasteiger partial charge >= 0.3 is 0 Å². The van der Waals surface area contributed by atoms with Crippen LogP contribution in [0.25, 0.3) is 0 Å². The average Bonchev–Trinajstić information content (AvgIpc) is 2.84. The minimum atomic E-state index is -0.429. The Morgan fingerprint density at radius 3 is 2.76 bits per heavy atom. The molecule has 1 aliphatic carbocycles. The number of benzene rings is 1. The molecule has 1 unspecified atom stereocenters. The van der Waals surface area contributed by atoms with Gasteiger partial charge < -0.3 is 9.84 Å². The van der Waals surface area contributed by atoms with Crippen LogP contribution in [0.5, 0.6) is 5.75 Å². The zero-order valence-electron chi connectivity index (χ0n) is 10.2. The molecule has 3 heteroatoms. The molecule has 2 nitrogen and oxygen atoms in total. The van der Waals surface area contributed by atoms with Crippen LogP contribution in [0, 0.1) is 18.7 Å². The fourth-order valence-corrected chi connectivity index (χ4v) is 2.32. The van der Waals surface area contributed by atoms with E-state index in [4.69, 9.17) is 4.74 Å². The first-order chi connectivity index (χ1) is 8.16. The fraction of sp³-hybridized carbons (Fsp3) is 0.571. The quantitative estimate of drug-likeness (QED) is 0.873. The first kappa shape index (κ1) is 12.4. The lowest BCUT2D eigenvalue weighted by Crippen LogP contribution is -2.25. The third-order valence-electron chi connectivity index (χ3n) is 3.51. The molecule has 1 aromatic carbocycles. The van der Waals surface area contributed by atoms with Crippen LogP contribution >= 0.6 is 0 Å². The van der Waals surface area contributed by atoms with Gasteiger partial charge in [0.15, 0.2) is 0 Å². The SMILES string of the molecule is Cc1ccc(OCC(O)C2CCCC2)cc1F. The number of aliphatic hydroxyl groups is 1. The van der Waals surface area contributed by atoms with Gasteiger partial charge in [-0.15, -0.1) is 0 Å². The normalized spacial score (nSPS) is 18.3. The predicted octanol–water partition coefficient (Wildman–Crippen LogP) is 3.06. The van der Waals surface area contributed by atoms with Crippen molar-refractivity contribution in [2.75, 3.05) is 6.61 Å². The minimum Gasteiger partial charge on any atom is -0.491 e. The summed E-state index contributed by atoms with van der Waals surface area (Å²) in [5, 5.41) is 9.92. The molecular formula is C14H19FO2. The number of aliphatic hydroxyl groups excluding tert-OH is 1. The summed E-state index contributed by atoms with van der Waals surface area (Å²) in [4.78, 5) is 0. The Kier molecular flexibility index (Phi) is 4.00. The standard InChI is InChI=1S/C14H19FO2/c1-10-6-7-12(8-13(10)15)17-9-14(16)11-4-2-3-5-11/h6-8,11,14,16H,2-5,9H2,1H3. The second-order valence-corrected chi connectivity index (χ2v) is 4.83. The highest BCUT2D eigenvalue weighted by molar-refractivity contribution is 5.27. The summed E-state index contributed by atoms with van der Waals surface area (Å²) in [6.45, 7) is 1.97. The molecule has 0 aliphatic heterocycles. The van der Waals surface area contributed by atoms with E-state index >= 15 is 0 Å². The molecule has 94 valence electrons. The second kappa shape index (κ2) is 5.50. The Morgan fingerprint density at radius 2 is 2.12 bits per heavy atom. The van der Waals surface area contributed by atoms with E-state index in [0.717, 1.165) is 12.8 Å². The molecule has 17 heavy (non-hydrogen) atoms. The van der Waals surface area contributed by atoms with Crippen molar-refractivity contribution in [3.05, 3.63) is 29.6 Å². The van der Waals surface area contributed by atoms with Gasteiger partial charge in [-0.25, -0.2) is 4.39 Å². The van der Waals surface area contributed by atoms with Gasteiger partial charge in [0.1, 0.15) is 18.2 Å². The molecule has 0 radical (unpaired) electrons. The van der Waals surface area contributed by atoms with E-state index in [0.29, 0.717) is 17.2 Å². The van der Waals surface area contributed by atoms with Crippen LogP contribution in [0.2, 0.25) is 0 Å². The maximum atomic E-state index is 13.3. The van der Waals surface area contributed by atoms with Gasteiger partial charge in [-0.2, -0.15) is 0 Å². The molecule has 0 bridgehead atoms. The van der Waals surface area contributed by atoms with E-state index in [1.54, 1.807) is 19.1 Å². The Balaban J connectivity index is 1.86. The summed E-state index contributed by atoms with van der Waals surface area (Å²) in [7, 11) is 0. The van der Waals surface area contributed by atoms with E-state index < -0.39 is 6.10 Å². The molecule has 0 spiro atoms. The van der Waals surface area contributed by atoms with Crippen LogP contribution < -0.4 is 4.74 Å². The minimum absolute atomic E-state index is 0.257. The highest BCUT2D eigenvalue weighted by atomic mass is 19.1. The third-order valence-corrected chi connectivity index (χ3v) is 3.51. The highest BCUT2D eigenvalue weighted by Crippen LogP contribution is 2.28. The van der Waals surface area contributed by atoms with Crippen molar-refractivity contribution < 1.29 is 14.2 Å². The molecule has 1 saturated carbocycles. The van der Waals surface area contributed by atoms with Gasteiger partial charge in [-0.3, -0.25) is 0 Å². The smallest absolute Gasteiger partial charge is 0.129 e. The molecule has 1 aliphatic rings. The first-order valence-corrected chi connectivity index (χ1v) is 6.24. The van der Waals surface area contributed by atoms with Crippen LogP contribution in [0.3, 0.4) is 0 Å². The summed E-state index contributed by atoms with van der Waals surface area (Å²) < 4.78 is 18.7. The Labute approximate surface area is 101 Å². The summed E-state index contributed by atoms with van der Waals surface area (Å²) in [6.07, 6.45) is 4.11. The fourth-order valence-electron chi connectivity index (χ4n) is 2.32. The largest absolute Gasteiger partial charge is 0.491 e. The van der Waals surface area contributed by atoms with Crippen LogP contribution in [0.1, 0.15) is 31.2 Å². The first-order valence-electron chi connectivity index (χ1n) is 6.24. The second-order valence-electron chi connectivity index (χ2n) is 4.83. The molecule has 0 saturated heterocycles. The molecule has 1 N–H and O–H groups in total. The van der Waals surface area contributed by atoms with Crippen molar-refractivity contribution in [2.45, 2.75) is 38.7 Å². The maximum absolute atomic E-state index is 13.3. The van der Waals surface area contributed by atoms with Gasteiger partial charge in [0, 0.05) is 6.07 Å². The molecular weight excluding hydrogens is 219 g/mol. The van der Waals surface area contributed by atoms with E-state index in [2.05, 4.69) is 0 Å². The maximum Gasteiger partial charge on any atom is 0.129 e. The molecule has 0 heterocycles. The summed E-state index contributed by atoms with van der Waals surface area (Å²) >= 11 is 0. The monoisotopic (exact) mass is 238 g/mol. The Hall–Kier alpha value is -1.09. The molecule has 1 aromatic rings. The van der Waals surface area contributed by atoms with Crippen molar-refractivity contribution in [2.24, 2.45) is 5.92 Å². The number of aryl methyl sites for hydroxylation is 1. The highest BCUT2D eigenvalue weighted by Gasteiger charge is 2.23. The van der Waals surface area contributed by atoms with E-state index in [-0.39, 0.29) is 12.4 Å². The zero-order valence-corrected chi connectivity index (χ0v) is 10.2. The molecule has 2 rings (SSSR count). The van der Waals surface area contributed by atoms with Gasteiger partial charge in [0.25, 0.3) is 0 Å². The molecule has 0 amide bonds. The number of rotatable bonds is 4. The third kappa shape index (κ3) is 3.19. The number of halogens is 1. The zero-order chi connectivity index (χ0) is 12.3. The van der Waals surface area contributed by atoms with Gasteiger partial charge in [0.2, 0.25) is 0 Å². The van der Waals surface area contributed by atoms with Crippen LogP contribution in [0.4, 0.5) is 4.39 Å². The Bertz CT molecular complexity index is 372. The summed E-state index contributed by atoms with van der Waals surface area (Å²) in [6, 6.07) is 4.79. The van der Waals surface area contributed by atoms with Crippen molar-refractivity contribution >= 4 is 0 Å². The predicted molar refractivity (Wildman–Crippen MR) is 64.6 cm³/mol. The molecule has 1 atom stereocenters. The lowest BCUT2D eigenvalue weighted by Gasteiger charge is -2.18. The van der Waals surface area contributed by atoms with E-state index in [1.165, 1.54) is 18.9 Å². The lowest BCUT2D eigenvalue weighted by molar-refractivity contribution is 0.0592. The van der Waals surface area contributed by atoms with Crippen LogP contribution in [-0.2, 0) is 0 Å². The average molecular weight is 238 g/mol. The van der Waals surface area contributed by atoms with Gasteiger partial charge in [-0.1, -0.05) is 18.9 Å². The van der Waals surface area contributed by atoms with Gasteiger partial charge in [0.05, 0.1) is 6.10 Å². The van der Waals surface area contributed by atoms with E-state index in [1.807, 2.05) is 0 Å². The van der Waals surface area contributed by atoms with Crippen molar-refractivity contribution in [3.8, 4) is 5.75 Å². The van der Waals surface area contributed by atoms with Crippen LogP contribution in [0.15, 0.2) is 18.2 Å². The number of ether oxygens (including phenoxy) is 1. The lowest BCUT2D eigenvalue weighted by atomic mass is 10.0. The molecule has 1 fully saturated rings. The topological polar surface area (TPSA) is 29.5 Å². The Morgan fingerprint density at radius 1 is 1.41 bits per heavy atom. The van der Waals surface area contributed by atoms with Crippen molar-refractivity contribution in [1.82, 2.24) is 0 Å². The summed E-state index contributed by atoms with van der Waals surface area (Å²) in [5.41, 5.74) is 0.605. The number of hydrogen-bond acceptors (Lipinski definition) is 2. The van der Waals surface area contributed by atoms with Crippen molar-refractivity contribution in [3.63, 3.8) is 0 Å². The summed E-state index contributed by atoms with van der Waals surface area (Å²) in [5.74, 6) is 0.577. The van der Waals surface area contributed by atoms with Crippen LogP contribution in [-0.4, -0.2) is 17.8 Å². The van der Waals surface area contributed by atoms with E-state index in [9.17, 15) is 9.50 Å². The van der Waals surface area contributed by atoms with Crippen molar-refractivity contribution in [1.29, 1.82) is 0 Å². The van der Waals surface area contributed by atoms with Gasteiger partial charge in [-0.05, 0) is 37.3 Å².